The quantitative estimate of drug-likeness (QED) is 0.752. The van der Waals surface area contributed by atoms with Crippen LogP contribution in [0.2, 0.25) is 0 Å². The molecule has 3 heteroatoms. The lowest BCUT2D eigenvalue weighted by Gasteiger charge is -2.32. The maximum atomic E-state index is 3.63. The Labute approximate surface area is 114 Å². The normalized spacial score (nSPS) is 19.7. The average Bonchev–Trinajstić information content (AvgIpc) is 2.78. The van der Waals surface area contributed by atoms with Crippen LogP contribution in [-0.2, 0) is 0 Å². The van der Waals surface area contributed by atoms with E-state index in [1.165, 1.54) is 45.4 Å². The molecule has 1 N–H and O–H groups in total. The van der Waals surface area contributed by atoms with Crippen LogP contribution in [0.4, 0.5) is 0 Å². The Morgan fingerprint density at radius 2 is 1.83 bits per heavy atom. The van der Waals surface area contributed by atoms with Crippen molar-refractivity contribution >= 4 is 0 Å². The topological polar surface area (TPSA) is 18.5 Å². The van der Waals surface area contributed by atoms with Crippen molar-refractivity contribution in [2.75, 3.05) is 39.8 Å². The fourth-order valence-corrected chi connectivity index (χ4v) is 2.52. The van der Waals surface area contributed by atoms with E-state index in [0.29, 0.717) is 6.04 Å². The van der Waals surface area contributed by atoms with Crippen molar-refractivity contribution in [3.63, 3.8) is 0 Å². The van der Waals surface area contributed by atoms with Gasteiger partial charge in [-0.05, 0) is 60.2 Å². The number of nitrogens with zero attached hydrogens (tertiary/aromatic N) is 2. The van der Waals surface area contributed by atoms with Gasteiger partial charge in [0.1, 0.15) is 0 Å². The summed E-state index contributed by atoms with van der Waals surface area (Å²) in [7, 11) is 2.27. The molecule has 1 heterocycles. The smallest absolute Gasteiger partial charge is 0.0215 e. The second-order valence-electron chi connectivity index (χ2n) is 6.72. The maximum Gasteiger partial charge on any atom is 0.0215 e. The molecular formula is C15H33N3. The summed E-state index contributed by atoms with van der Waals surface area (Å²) in [5.41, 5.74) is 0.225. The zero-order valence-electron chi connectivity index (χ0n) is 13.1. The standard InChI is InChI=1S/C15H33N3/c1-6-14(13-16-15(2,3)4)17(5)11-12-18-9-7-8-10-18/h14,16H,6-13H2,1-5H3. The largest absolute Gasteiger partial charge is 0.311 e. The van der Waals surface area contributed by atoms with E-state index in [9.17, 15) is 0 Å². The summed E-state index contributed by atoms with van der Waals surface area (Å²) in [5, 5.41) is 3.63. The first kappa shape index (κ1) is 15.9. The lowest BCUT2D eigenvalue weighted by atomic mass is 10.1. The second kappa shape index (κ2) is 7.46. The molecule has 1 fully saturated rings. The van der Waals surface area contributed by atoms with Crippen molar-refractivity contribution in [1.29, 1.82) is 0 Å². The highest BCUT2D eigenvalue weighted by molar-refractivity contribution is 4.78. The van der Waals surface area contributed by atoms with Gasteiger partial charge in [0.05, 0.1) is 0 Å². The van der Waals surface area contributed by atoms with Crippen molar-refractivity contribution in [2.24, 2.45) is 0 Å². The van der Waals surface area contributed by atoms with E-state index in [2.05, 4.69) is 49.9 Å². The van der Waals surface area contributed by atoms with Crippen molar-refractivity contribution in [1.82, 2.24) is 15.1 Å². The Balaban J connectivity index is 2.25. The Kier molecular flexibility index (Phi) is 6.61. The van der Waals surface area contributed by atoms with Gasteiger partial charge in [0.15, 0.2) is 0 Å². The van der Waals surface area contributed by atoms with Gasteiger partial charge in [-0.25, -0.2) is 0 Å². The third kappa shape index (κ3) is 6.17. The van der Waals surface area contributed by atoms with Crippen molar-refractivity contribution in [3.8, 4) is 0 Å². The minimum Gasteiger partial charge on any atom is -0.311 e. The lowest BCUT2D eigenvalue weighted by molar-refractivity contribution is 0.189. The zero-order chi connectivity index (χ0) is 13.6. The summed E-state index contributed by atoms with van der Waals surface area (Å²) >= 11 is 0. The van der Waals surface area contributed by atoms with E-state index < -0.39 is 0 Å². The fourth-order valence-electron chi connectivity index (χ4n) is 2.52. The van der Waals surface area contributed by atoms with Crippen molar-refractivity contribution < 1.29 is 0 Å². The van der Waals surface area contributed by atoms with Crippen LogP contribution in [-0.4, -0.2) is 61.2 Å². The Bertz CT molecular complexity index is 216. The summed E-state index contributed by atoms with van der Waals surface area (Å²) in [6.45, 7) is 15.2. The summed E-state index contributed by atoms with van der Waals surface area (Å²) in [4.78, 5) is 5.12. The predicted molar refractivity (Wildman–Crippen MR) is 80.1 cm³/mol. The molecule has 1 rings (SSSR count). The second-order valence-corrected chi connectivity index (χ2v) is 6.72. The summed E-state index contributed by atoms with van der Waals surface area (Å²) in [6, 6.07) is 0.659. The molecule has 1 unspecified atom stereocenters. The van der Waals surface area contributed by atoms with Crippen LogP contribution in [0.25, 0.3) is 0 Å². The van der Waals surface area contributed by atoms with Gasteiger partial charge in [0.2, 0.25) is 0 Å². The number of likely N-dealkylation sites (N-methyl/N-ethyl adjacent to an activating group) is 1. The summed E-state index contributed by atoms with van der Waals surface area (Å²) in [6.07, 6.45) is 4.01. The van der Waals surface area contributed by atoms with E-state index in [1.54, 1.807) is 0 Å². The number of nitrogens with one attached hydrogen (secondary N) is 1. The lowest BCUT2D eigenvalue weighted by Crippen LogP contribution is -2.47. The Morgan fingerprint density at radius 3 is 2.33 bits per heavy atom. The molecule has 0 aromatic carbocycles. The van der Waals surface area contributed by atoms with Gasteiger partial charge in [-0.15, -0.1) is 0 Å². The van der Waals surface area contributed by atoms with Gasteiger partial charge in [-0.3, -0.25) is 0 Å². The number of hydrogen-bond acceptors (Lipinski definition) is 3. The minimum atomic E-state index is 0.225. The molecule has 0 bridgehead atoms. The van der Waals surface area contributed by atoms with Crippen LogP contribution in [0.5, 0.6) is 0 Å². The molecule has 1 atom stereocenters. The molecule has 0 saturated carbocycles. The van der Waals surface area contributed by atoms with Crippen LogP contribution in [0.15, 0.2) is 0 Å². The third-order valence-corrected chi connectivity index (χ3v) is 3.93. The molecule has 0 aromatic heterocycles. The van der Waals surface area contributed by atoms with Crippen LogP contribution in [0.1, 0.15) is 47.0 Å². The third-order valence-electron chi connectivity index (χ3n) is 3.93. The number of hydrogen-bond donors (Lipinski definition) is 1. The molecule has 108 valence electrons. The van der Waals surface area contributed by atoms with E-state index >= 15 is 0 Å². The minimum absolute atomic E-state index is 0.225. The fraction of sp³-hybridized carbons (Fsp3) is 1.00. The molecule has 1 saturated heterocycles. The molecule has 0 radical (unpaired) electrons. The molecule has 0 amide bonds. The zero-order valence-corrected chi connectivity index (χ0v) is 13.1. The monoisotopic (exact) mass is 255 g/mol. The first-order chi connectivity index (χ1) is 8.42. The van der Waals surface area contributed by atoms with E-state index in [4.69, 9.17) is 0 Å². The van der Waals surface area contributed by atoms with Gasteiger partial charge in [0, 0.05) is 31.2 Å². The molecule has 1 aliphatic heterocycles. The van der Waals surface area contributed by atoms with Crippen LogP contribution < -0.4 is 5.32 Å². The number of rotatable bonds is 7. The first-order valence-corrected chi connectivity index (χ1v) is 7.60. The van der Waals surface area contributed by atoms with Gasteiger partial charge >= 0.3 is 0 Å². The van der Waals surface area contributed by atoms with E-state index in [1.807, 2.05) is 0 Å². The number of likely N-dealkylation sites (tertiary alicyclic amines) is 1. The van der Waals surface area contributed by atoms with Gasteiger partial charge in [-0.1, -0.05) is 6.92 Å². The first-order valence-electron chi connectivity index (χ1n) is 7.60. The molecule has 18 heavy (non-hydrogen) atoms. The Hall–Kier alpha value is -0.120. The highest BCUT2D eigenvalue weighted by Crippen LogP contribution is 2.08. The molecule has 0 aliphatic carbocycles. The molecular weight excluding hydrogens is 222 g/mol. The van der Waals surface area contributed by atoms with Gasteiger partial charge in [-0.2, -0.15) is 0 Å². The summed E-state index contributed by atoms with van der Waals surface area (Å²) in [5.74, 6) is 0. The molecule has 0 spiro atoms. The van der Waals surface area contributed by atoms with Crippen molar-refractivity contribution in [3.05, 3.63) is 0 Å². The summed E-state index contributed by atoms with van der Waals surface area (Å²) < 4.78 is 0. The highest BCUT2D eigenvalue weighted by Gasteiger charge is 2.18. The maximum absolute atomic E-state index is 3.63. The SMILES string of the molecule is CCC(CNC(C)(C)C)N(C)CCN1CCCC1. The molecule has 3 nitrogen and oxygen atoms in total. The van der Waals surface area contributed by atoms with Gasteiger partial charge in [0.25, 0.3) is 0 Å². The van der Waals surface area contributed by atoms with Gasteiger partial charge < -0.3 is 15.1 Å². The predicted octanol–water partition coefficient (Wildman–Crippen LogP) is 2.18. The molecule has 0 aromatic rings. The highest BCUT2D eigenvalue weighted by atomic mass is 15.2. The van der Waals surface area contributed by atoms with Crippen LogP contribution >= 0.6 is 0 Å². The molecule has 1 aliphatic rings. The van der Waals surface area contributed by atoms with Crippen molar-refractivity contribution in [2.45, 2.75) is 58.5 Å². The van der Waals surface area contributed by atoms with E-state index in [0.717, 1.165) is 6.54 Å². The average molecular weight is 255 g/mol. The van der Waals surface area contributed by atoms with Crippen LogP contribution in [0.3, 0.4) is 0 Å². The van der Waals surface area contributed by atoms with Crippen LogP contribution in [0, 0.1) is 0 Å². The Morgan fingerprint density at radius 1 is 1.22 bits per heavy atom. The van der Waals surface area contributed by atoms with E-state index in [-0.39, 0.29) is 5.54 Å².